The summed E-state index contributed by atoms with van der Waals surface area (Å²) in [5, 5.41) is 0. The third-order valence-electron chi connectivity index (χ3n) is 3.18. The normalized spacial score (nSPS) is 10.6. The molecule has 0 aliphatic rings. The topological polar surface area (TPSA) is 35.2 Å². The SMILES string of the molecule is Cc1ccc(Oc2ccc(C(C)C)cc2)c(C(N)=S)c1. The molecule has 0 aliphatic carbocycles. The number of ether oxygens (including phenoxy) is 1. The Kier molecular flexibility index (Phi) is 4.40. The summed E-state index contributed by atoms with van der Waals surface area (Å²) in [7, 11) is 0. The molecule has 0 amide bonds. The largest absolute Gasteiger partial charge is 0.457 e. The Morgan fingerprint density at radius 1 is 1.10 bits per heavy atom. The van der Waals surface area contributed by atoms with Crippen molar-refractivity contribution >= 4 is 17.2 Å². The molecule has 0 aliphatic heterocycles. The van der Waals surface area contributed by atoms with Gasteiger partial charge in [-0.15, -0.1) is 0 Å². The number of benzene rings is 2. The fourth-order valence-electron chi connectivity index (χ4n) is 1.97. The molecule has 2 nitrogen and oxygen atoms in total. The van der Waals surface area contributed by atoms with E-state index in [1.165, 1.54) is 5.56 Å². The van der Waals surface area contributed by atoms with Gasteiger partial charge in [0, 0.05) is 0 Å². The van der Waals surface area contributed by atoms with E-state index in [4.69, 9.17) is 22.7 Å². The second-order valence-electron chi connectivity index (χ2n) is 5.19. The average Bonchev–Trinajstić information content (AvgIpc) is 2.41. The van der Waals surface area contributed by atoms with Crippen molar-refractivity contribution in [2.24, 2.45) is 5.73 Å². The lowest BCUT2D eigenvalue weighted by molar-refractivity contribution is 0.481. The molecule has 0 spiro atoms. The van der Waals surface area contributed by atoms with E-state index in [0.29, 0.717) is 16.7 Å². The van der Waals surface area contributed by atoms with E-state index < -0.39 is 0 Å². The first-order chi connectivity index (χ1) is 9.47. The van der Waals surface area contributed by atoms with Crippen LogP contribution in [0.1, 0.15) is 36.5 Å². The summed E-state index contributed by atoms with van der Waals surface area (Å²) in [5.41, 5.74) is 8.92. The Balaban J connectivity index is 2.28. The van der Waals surface area contributed by atoms with Crippen LogP contribution in [0, 0.1) is 6.92 Å². The first kappa shape index (κ1) is 14.5. The monoisotopic (exact) mass is 285 g/mol. The van der Waals surface area contributed by atoms with Crippen molar-refractivity contribution in [1.29, 1.82) is 0 Å². The molecule has 0 fully saturated rings. The van der Waals surface area contributed by atoms with Crippen molar-refractivity contribution < 1.29 is 4.74 Å². The average molecular weight is 285 g/mol. The number of rotatable bonds is 4. The molecular weight excluding hydrogens is 266 g/mol. The number of hydrogen-bond donors (Lipinski definition) is 1. The van der Waals surface area contributed by atoms with E-state index in [2.05, 4.69) is 26.0 Å². The molecule has 2 aromatic rings. The molecule has 0 bridgehead atoms. The third kappa shape index (κ3) is 3.36. The zero-order valence-corrected chi connectivity index (χ0v) is 12.8. The first-order valence-corrected chi connectivity index (χ1v) is 7.06. The zero-order chi connectivity index (χ0) is 14.7. The van der Waals surface area contributed by atoms with Crippen LogP contribution in [0.5, 0.6) is 11.5 Å². The van der Waals surface area contributed by atoms with Crippen LogP contribution in [0.4, 0.5) is 0 Å². The molecule has 20 heavy (non-hydrogen) atoms. The molecule has 0 aromatic heterocycles. The van der Waals surface area contributed by atoms with E-state index in [0.717, 1.165) is 16.9 Å². The van der Waals surface area contributed by atoms with Gasteiger partial charge in [0.1, 0.15) is 16.5 Å². The summed E-state index contributed by atoms with van der Waals surface area (Å²) in [5.74, 6) is 1.99. The van der Waals surface area contributed by atoms with Gasteiger partial charge in [-0.1, -0.05) is 49.8 Å². The molecule has 2 aromatic carbocycles. The molecule has 0 unspecified atom stereocenters. The van der Waals surface area contributed by atoms with Gasteiger partial charge in [0.2, 0.25) is 0 Å². The van der Waals surface area contributed by atoms with Crippen molar-refractivity contribution in [2.75, 3.05) is 0 Å². The highest BCUT2D eigenvalue weighted by Gasteiger charge is 2.08. The van der Waals surface area contributed by atoms with Gasteiger partial charge >= 0.3 is 0 Å². The van der Waals surface area contributed by atoms with Gasteiger partial charge in [0.15, 0.2) is 0 Å². The smallest absolute Gasteiger partial charge is 0.137 e. The molecule has 0 radical (unpaired) electrons. The predicted molar refractivity (Wildman–Crippen MR) is 87.7 cm³/mol. The van der Waals surface area contributed by atoms with Crippen LogP contribution in [0.3, 0.4) is 0 Å². The summed E-state index contributed by atoms with van der Waals surface area (Å²) in [4.78, 5) is 0.350. The standard InChI is InChI=1S/C17H19NOS/c1-11(2)13-5-7-14(8-6-13)19-16-9-4-12(3)10-15(16)17(18)20/h4-11H,1-3H3,(H2,18,20). The fourth-order valence-corrected chi connectivity index (χ4v) is 2.13. The molecular formula is C17H19NOS. The maximum atomic E-state index is 5.89. The van der Waals surface area contributed by atoms with Crippen molar-refractivity contribution in [2.45, 2.75) is 26.7 Å². The molecule has 2 N–H and O–H groups in total. The molecule has 0 saturated heterocycles. The van der Waals surface area contributed by atoms with Gasteiger partial charge in [-0.3, -0.25) is 0 Å². The molecule has 2 rings (SSSR count). The summed E-state index contributed by atoms with van der Waals surface area (Å²) >= 11 is 5.08. The Labute approximate surface area is 125 Å². The highest BCUT2D eigenvalue weighted by atomic mass is 32.1. The molecule has 104 valence electrons. The van der Waals surface area contributed by atoms with E-state index in [9.17, 15) is 0 Å². The van der Waals surface area contributed by atoms with Crippen LogP contribution in [-0.4, -0.2) is 4.99 Å². The Hall–Kier alpha value is -1.87. The number of thiocarbonyl (C=S) groups is 1. The van der Waals surface area contributed by atoms with Crippen molar-refractivity contribution in [3.8, 4) is 11.5 Å². The summed E-state index contributed by atoms with van der Waals surface area (Å²) in [6.07, 6.45) is 0. The van der Waals surface area contributed by atoms with Crippen LogP contribution >= 0.6 is 12.2 Å². The van der Waals surface area contributed by atoms with Crippen LogP contribution < -0.4 is 10.5 Å². The van der Waals surface area contributed by atoms with Crippen LogP contribution in [0.25, 0.3) is 0 Å². The number of aryl methyl sites for hydroxylation is 1. The lowest BCUT2D eigenvalue weighted by Crippen LogP contribution is -2.11. The van der Waals surface area contributed by atoms with Gasteiger partial charge in [0.25, 0.3) is 0 Å². The van der Waals surface area contributed by atoms with Gasteiger partial charge < -0.3 is 10.5 Å². The fraction of sp³-hybridized carbons (Fsp3) is 0.235. The van der Waals surface area contributed by atoms with E-state index >= 15 is 0 Å². The van der Waals surface area contributed by atoms with E-state index in [1.807, 2.05) is 37.3 Å². The number of nitrogens with two attached hydrogens (primary N) is 1. The van der Waals surface area contributed by atoms with Gasteiger partial charge in [0.05, 0.1) is 5.56 Å². The van der Waals surface area contributed by atoms with Crippen LogP contribution in [0.15, 0.2) is 42.5 Å². The minimum atomic E-state index is 0.350. The minimum Gasteiger partial charge on any atom is -0.457 e. The molecule has 0 heterocycles. The van der Waals surface area contributed by atoms with Gasteiger partial charge in [-0.2, -0.15) is 0 Å². The highest BCUT2D eigenvalue weighted by molar-refractivity contribution is 7.80. The van der Waals surface area contributed by atoms with Gasteiger partial charge in [-0.25, -0.2) is 0 Å². The maximum Gasteiger partial charge on any atom is 0.137 e. The Morgan fingerprint density at radius 3 is 2.30 bits per heavy atom. The predicted octanol–water partition coefficient (Wildman–Crippen LogP) is 4.54. The lowest BCUT2D eigenvalue weighted by Gasteiger charge is -2.12. The Morgan fingerprint density at radius 2 is 1.75 bits per heavy atom. The van der Waals surface area contributed by atoms with Crippen LogP contribution in [-0.2, 0) is 0 Å². The van der Waals surface area contributed by atoms with E-state index in [1.54, 1.807) is 0 Å². The van der Waals surface area contributed by atoms with Crippen molar-refractivity contribution in [1.82, 2.24) is 0 Å². The third-order valence-corrected chi connectivity index (χ3v) is 3.40. The highest BCUT2D eigenvalue weighted by Crippen LogP contribution is 2.27. The minimum absolute atomic E-state index is 0.350. The quantitative estimate of drug-likeness (QED) is 0.837. The number of hydrogen-bond acceptors (Lipinski definition) is 2. The lowest BCUT2D eigenvalue weighted by atomic mass is 10.0. The summed E-state index contributed by atoms with van der Waals surface area (Å²) < 4.78 is 5.89. The first-order valence-electron chi connectivity index (χ1n) is 6.65. The molecule has 0 saturated carbocycles. The second-order valence-corrected chi connectivity index (χ2v) is 5.63. The molecule has 3 heteroatoms. The second kappa shape index (κ2) is 6.06. The summed E-state index contributed by atoms with van der Waals surface area (Å²) in [6.45, 7) is 6.34. The van der Waals surface area contributed by atoms with Crippen molar-refractivity contribution in [3.05, 3.63) is 59.2 Å². The molecule has 0 atom stereocenters. The van der Waals surface area contributed by atoms with Crippen molar-refractivity contribution in [3.63, 3.8) is 0 Å². The Bertz CT molecular complexity index is 617. The van der Waals surface area contributed by atoms with E-state index in [-0.39, 0.29) is 0 Å². The van der Waals surface area contributed by atoms with Gasteiger partial charge in [-0.05, 0) is 42.7 Å². The zero-order valence-electron chi connectivity index (χ0n) is 12.0. The summed E-state index contributed by atoms with van der Waals surface area (Å²) in [6, 6.07) is 13.9. The van der Waals surface area contributed by atoms with Crippen LogP contribution in [0.2, 0.25) is 0 Å². The maximum absolute atomic E-state index is 5.89.